The lowest BCUT2D eigenvalue weighted by Crippen LogP contribution is -2.06. The van der Waals surface area contributed by atoms with Gasteiger partial charge in [-0.05, 0) is 13.0 Å². The fraction of sp³-hybridized carbons (Fsp3) is 0.105. The van der Waals surface area contributed by atoms with Crippen molar-refractivity contribution < 1.29 is 18.5 Å². The third-order valence-electron chi connectivity index (χ3n) is 3.95. The molecule has 0 saturated carbocycles. The van der Waals surface area contributed by atoms with E-state index in [0.29, 0.717) is 17.0 Å². The van der Waals surface area contributed by atoms with Crippen LogP contribution >= 0.6 is 23.2 Å². The number of ether oxygens (including phenoxy) is 1. The van der Waals surface area contributed by atoms with E-state index in [4.69, 9.17) is 36.9 Å². The second-order valence-corrected chi connectivity index (χ2v) is 6.67. The molecule has 4 rings (SSSR count). The number of esters is 1. The highest BCUT2D eigenvalue weighted by Crippen LogP contribution is 2.33. The number of hydrogen-bond donors (Lipinski definition) is 0. The smallest absolute Gasteiger partial charge is 0.340 e. The van der Waals surface area contributed by atoms with E-state index in [0.717, 1.165) is 5.56 Å². The van der Waals surface area contributed by atoms with Gasteiger partial charge in [0.1, 0.15) is 22.2 Å². The lowest BCUT2D eigenvalue weighted by atomic mass is 10.1. The Morgan fingerprint density at radius 2 is 1.97 bits per heavy atom. The van der Waals surface area contributed by atoms with E-state index in [1.54, 1.807) is 6.92 Å². The Balaban J connectivity index is 1.52. The van der Waals surface area contributed by atoms with Crippen LogP contribution in [0.1, 0.15) is 22.0 Å². The van der Waals surface area contributed by atoms with Gasteiger partial charge in [-0.15, -0.1) is 10.2 Å². The highest BCUT2D eigenvalue weighted by molar-refractivity contribution is 6.41. The van der Waals surface area contributed by atoms with Crippen LogP contribution in [0.25, 0.3) is 22.7 Å². The van der Waals surface area contributed by atoms with Crippen LogP contribution < -0.4 is 0 Å². The maximum Gasteiger partial charge on any atom is 0.340 e. The summed E-state index contributed by atoms with van der Waals surface area (Å²) in [5.41, 5.74) is 2.16. The molecule has 3 heterocycles. The van der Waals surface area contributed by atoms with Crippen LogP contribution in [0.4, 0.5) is 0 Å². The molecule has 1 aromatic carbocycles. The highest BCUT2D eigenvalue weighted by Gasteiger charge is 2.22. The van der Waals surface area contributed by atoms with Crippen molar-refractivity contribution in [1.29, 1.82) is 0 Å². The van der Waals surface area contributed by atoms with Crippen LogP contribution in [-0.2, 0) is 11.3 Å². The van der Waals surface area contributed by atoms with Crippen LogP contribution in [0.3, 0.4) is 0 Å². The number of hydrogen-bond acceptors (Lipinski definition) is 8. The average Bonchev–Trinajstić information content (AvgIpc) is 3.35. The van der Waals surface area contributed by atoms with Crippen molar-refractivity contribution in [3.05, 3.63) is 70.0 Å². The molecule has 0 aliphatic carbocycles. The fourth-order valence-corrected chi connectivity index (χ4v) is 2.84. The standard InChI is InChI=1S/C19H12Cl2N4O4/c1-10-15(16(25-29-10)11-5-3-2-4-6-11)18-24-23-14(28-18)9-27-19(26)12-7-13(20)17(21)22-8-12/h2-8H,9H2,1H3. The van der Waals surface area contributed by atoms with Crippen LogP contribution in [0.5, 0.6) is 0 Å². The monoisotopic (exact) mass is 430 g/mol. The molecular formula is C19H12Cl2N4O4. The van der Waals surface area contributed by atoms with Gasteiger partial charge in [0, 0.05) is 11.8 Å². The summed E-state index contributed by atoms with van der Waals surface area (Å²) < 4.78 is 16.1. The third-order valence-corrected chi connectivity index (χ3v) is 4.64. The van der Waals surface area contributed by atoms with Crippen molar-refractivity contribution in [2.75, 3.05) is 0 Å². The van der Waals surface area contributed by atoms with E-state index in [2.05, 4.69) is 20.3 Å². The number of carbonyl (C=O) groups is 1. The lowest BCUT2D eigenvalue weighted by Gasteiger charge is -2.02. The van der Waals surface area contributed by atoms with Gasteiger partial charge >= 0.3 is 5.97 Å². The van der Waals surface area contributed by atoms with Crippen LogP contribution in [-0.4, -0.2) is 26.3 Å². The van der Waals surface area contributed by atoms with Gasteiger partial charge in [-0.2, -0.15) is 0 Å². The van der Waals surface area contributed by atoms with Gasteiger partial charge in [0.15, 0.2) is 6.61 Å². The predicted octanol–water partition coefficient (Wildman–Crippen LogP) is 4.76. The van der Waals surface area contributed by atoms with Crippen molar-refractivity contribution in [3.8, 4) is 22.7 Å². The Labute approximate surface area is 174 Å². The molecule has 0 amide bonds. The van der Waals surface area contributed by atoms with E-state index < -0.39 is 5.97 Å². The van der Waals surface area contributed by atoms with Crippen LogP contribution in [0, 0.1) is 6.92 Å². The average molecular weight is 431 g/mol. The molecule has 0 bridgehead atoms. The third kappa shape index (κ3) is 3.98. The molecule has 0 fully saturated rings. The lowest BCUT2D eigenvalue weighted by molar-refractivity contribution is 0.0438. The largest absolute Gasteiger partial charge is 0.452 e. The summed E-state index contributed by atoms with van der Waals surface area (Å²) in [7, 11) is 0. The fourth-order valence-electron chi connectivity index (χ4n) is 2.57. The summed E-state index contributed by atoms with van der Waals surface area (Å²) in [4.78, 5) is 15.9. The first-order valence-electron chi connectivity index (χ1n) is 8.35. The molecule has 0 atom stereocenters. The van der Waals surface area contributed by atoms with Crippen molar-refractivity contribution >= 4 is 29.2 Å². The highest BCUT2D eigenvalue weighted by atomic mass is 35.5. The minimum absolute atomic E-state index is 0.100. The van der Waals surface area contributed by atoms with E-state index in [9.17, 15) is 4.79 Å². The van der Waals surface area contributed by atoms with Gasteiger partial charge in [-0.1, -0.05) is 58.7 Å². The SMILES string of the molecule is Cc1onc(-c2ccccc2)c1-c1nnc(COC(=O)c2cnc(Cl)c(Cl)c2)o1. The zero-order valence-corrected chi connectivity index (χ0v) is 16.4. The van der Waals surface area contributed by atoms with E-state index in [-0.39, 0.29) is 34.1 Å². The molecule has 146 valence electrons. The molecule has 29 heavy (non-hydrogen) atoms. The minimum atomic E-state index is -0.651. The van der Waals surface area contributed by atoms with Gasteiger partial charge < -0.3 is 13.7 Å². The van der Waals surface area contributed by atoms with Gasteiger partial charge in [-0.3, -0.25) is 0 Å². The molecule has 3 aromatic heterocycles. The summed E-state index contributed by atoms with van der Waals surface area (Å²) in [5, 5.41) is 12.3. The Bertz CT molecular complexity index is 1170. The predicted molar refractivity (Wildman–Crippen MR) is 103 cm³/mol. The van der Waals surface area contributed by atoms with E-state index in [1.807, 2.05) is 30.3 Å². The topological polar surface area (TPSA) is 104 Å². The van der Waals surface area contributed by atoms with E-state index in [1.165, 1.54) is 12.3 Å². The van der Waals surface area contributed by atoms with Crippen molar-refractivity contribution in [1.82, 2.24) is 20.3 Å². The van der Waals surface area contributed by atoms with Gasteiger partial charge in [0.25, 0.3) is 11.8 Å². The number of carbonyl (C=O) groups excluding carboxylic acids is 1. The van der Waals surface area contributed by atoms with Crippen molar-refractivity contribution in [2.24, 2.45) is 0 Å². The number of rotatable bonds is 5. The molecule has 8 nitrogen and oxygen atoms in total. The molecule has 0 unspecified atom stereocenters. The van der Waals surface area contributed by atoms with Crippen molar-refractivity contribution in [3.63, 3.8) is 0 Å². The quantitative estimate of drug-likeness (QED) is 0.329. The normalized spacial score (nSPS) is 10.9. The first-order chi connectivity index (χ1) is 14.0. The molecule has 0 aliphatic rings. The summed E-state index contributed by atoms with van der Waals surface area (Å²) in [6, 6.07) is 10.8. The minimum Gasteiger partial charge on any atom is -0.452 e. The summed E-state index contributed by atoms with van der Waals surface area (Å²) in [5.74, 6) is 0.200. The molecule has 10 heteroatoms. The number of aromatic nitrogens is 4. The summed E-state index contributed by atoms with van der Waals surface area (Å²) in [6.45, 7) is 1.52. The number of aryl methyl sites for hydroxylation is 1. The van der Waals surface area contributed by atoms with Crippen LogP contribution in [0.2, 0.25) is 10.2 Å². The second-order valence-electron chi connectivity index (χ2n) is 5.90. The van der Waals surface area contributed by atoms with Gasteiger partial charge in [0.05, 0.1) is 10.6 Å². The number of halogens is 2. The number of benzene rings is 1. The maximum atomic E-state index is 12.1. The molecule has 0 saturated heterocycles. The molecule has 4 aromatic rings. The zero-order valence-electron chi connectivity index (χ0n) is 14.9. The Kier molecular flexibility index (Phi) is 5.28. The van der Waals surface area contributed by atoms with Crippen molar-refractivity contribution in [2.45, 2.75) is 13.5 Å². The van der Waals surface area contributed by atoms with E-state index >= 15 is 0 Å². The summed E-state index contributed by atoms with van der Waals surface area (Å²) in [6.07, 6.45) is 1.27. The molecule has 0 N–H and O–H groups in total. The van der Waals surface area contributed by atoms with Gasteiger partial charge in [0.2, 0.25) is 0 Å². The summed E-state index contributed by atoms with van der Waals surface area (Å²) >= 11 is 11.6. The molecular weight excluding hydrogens is 419 g/mol. The Morgan fingerprint density at radius 3 is 2.72 bits per heavy atom. The molecule has 0 radical (unpaired) electrons. The first-order valence-corrected chi connectivity index (χ1v) is 9.11. The molecule has 0 spiro atoms. The number of nitrogens with zero attached hydrogens (tertiary/aromatic N) is 4. The van der Waals surface area contributed by atoms with Gasteiger partial charge in [-0.25, -0.2) is 9.78 Å². The maximum absolute atomic E-state index is 12.1. The molecule has 0 aliphatic heterocycles. The number of pyridine rings is 1. The zero-order chi connectivity index (χ0) is 20.4. The van der Waals surface area contributed by atoms with Crippen LogP contribution in [0.15, 0.2) is 51.5 Å². The Morgan fingerprint density at radius 1 is 1.17 bits per heavy atom. The second kappa shape index (κ2) is 8.02. The first kappa shape index (κ1) is 19.1. The Hall–Kier alpha value is -3.23.